The largest absolute Gasteiger partial charge is 0.354 e. The first kappa shape index (κ1) is 16.4. The standard InChI is InChI=1S/C16H18ClN5O2/c17-11-6-4-10(5-7-11)15-20-13(21-22-15)8-9-18-16(24)12-2-1-3-14(23)19-12/h4-7,12H,1-3,8-9H2,(H,18,24)(H,19,23)(H,20,21,22). The minimum atomic E-state index is -0.425. The van der Waals surface area contributed by atoms with Crippen LogP contribution in [0.3, 0.4) is 0 Å². The Morgan fingerprint density at radius 3 is 2.88 bits per heavy atom. The number of rotatable bonds is 5. The molecule has 1 fully saturated rings. The zero-order chi connectivity index (χ0) is 16.9. The number of piperidine rings is 1. The molecule has 8 heteroatoms. The van der Waals surface area contributed by atoms with Crippen molar-refractivity contribution in [3.63, 3.8) is 0 Å². The van der Waals surface area contributed by atoms with Gasteiger partial charge in [0, 0.05) is 30.0 Å². The lowest BCUT2D eigenvalue weighted by Crippen LogP contribution is -2.49. The molecule has 1 saturated heterocycles. The van der Waals surface area contributed by atoms with Crippen LogP contribution < -0.4 is 10.6 Å². The molecule has 2 heterocycles. The molecule has 1 aromatic carbocycles. The van der Waals surface area contributed by atoms with E-state index in [4.69, 9.17) is 11.6 Å². The molecule has 0 bridgehead atoms. The number of aromatic amines is 1. The first-order valence-corrected chi connectivity index (χ1v) is 8.24. The van der Waals surface area contributed by atoms with Crippen LogP contribution >= 0.6 is 11.6 Å². The summed E-state index contributed by atoms with van der Waals surface area (Å²) in [5, 5.41) is 13.2. The third-order valence-corrected chi connectivity index (χ3v) is 4.10. The van der Waals surface area contributed by atoms with Crippen molar-refractivity contribution in [2.75, 3.05) is 6.54 Å². The number of nitrogens with one attached hydrogen (secondary N) is 3. The van der Waals surface area contributed by atoms with Crippen molar-refractivity contribution in [3.05, 3.63) is 35.1 Å². The molecule has 2 aromatic rings. The third kappa shape index (κ3) is 4.11. The predicted octanol–water partition coefficient (Wildman–Crippen LogP) is 1.45. The van der Waals surface area contributed by atoms with E-state index < -0.39 is 6.04 Å². The number of carbonyl (C=O) groups excluding carboxylic acids is 2. The van der Waals surface area contributed by atoms with Crippen molar-refractivity contribution in [1.29, 1.82) is 0 Å². The quantitative estimate of drug-likeness (QED) is 0.762. The van der Waals surface area contributed by atoms with Crippen molar-refractivity contribution in [3.8, 4) is 11.4 Å². The molecule has 3 N–H and O–H groups in total. The number of amides is 2. The van der Waals surface area contributed by atoms with Crippen LogP contribution in [0.15, 0.2) is 24.3 Å². The Morgan fingerprint density at radius 2 is 2.12 bits per heavy atom. The third-order valence-electron chi connectivity index (χ3n) is 3.84. The highest BCUT2D eigenvalue weighted by molar-refractivity contribution is 6.30. The van der Waals surface area contributed by atoms with Gasteiger partial charge in [0.1, 0.15) is 11.9 Å². The van der Waals surface area contributed by atoms with Crippen molar-refractivity contribution in [2.24, 2.45) is 0 Å². The average Bonchev–Trinajstić information content (AvgIpc) is 3.04. The highest BCUT2D eigenvalue weighted by atomic mass is 35.5. The summed E-state index contributed by atoms with van der Waals surface area (Å²) in [6.07, 6.45) is 2.46. The Hall–Kier alpha value is -2.41. The van der Waals surface area contributed by atoms with Crippen LogP contribution in [0.4, 0.5) is 0 Å². The molecule has 3 rings (SSSR count). The molecule has 0 aliphatic carbocycles. The number of hydrogen-bond acceptors (Lipinski definition) is 4. The summed E-state index contributed by atoms with van der Waals surface area (Å²) in [7, 11) is 0. The molecule has 0 radical (unpaired) electrons. The van der Waals surface area contributed by atoms with E-state index in [-0.39, 0.29) is 11.8 Å². The second-order valence-corrected chi connectivity index (χ2v) is 6.10. The first-order chi connectivity index (χ1) is 11.6. The number of H-pyrrole nitrogens is 1. The summed E-state index contributed by atoms with van der Waals surface area (Å²) in [6, 6.07) is 6.84. The highest BCUT2D eigenvalue weighted by Crippen LogP contribution is 2.17. The van der Waals surface area contributed by atoms with Gasteiger partial charge in [-0.25, -0.2) is 4.98 Å². The minimum absolute atomic E-state index is 0.0655. The monoisotopic (exact) mass is 347 g/mol. The zero-order valence-corrected chi connectivity index (χ0v) is 13.8. The first-order valence-electron chi connectivity index (χ1n) is 7.86. The van der Waals surface area contributed by atoms with Gasteiger partial charge in [-0.15, -0.1) is 0 Å². The molecule has 1 atom stereocenters. The smallest absolute Gasteiger partial charge is 0.242 e. The number of nitrogens with zero attached hydrogens (tertiary/aromatic N) is 2. The van der Waals surface area contributed by atoms with Crippen molar-refractivity contribution < 1.29 is 9.59 Å². The molecule has 1 aliphatic heterocycles. The normalized spacial score (nSPS) is 17.4. The lowest BCUT2D eigenvalue weighted by Gasteiger charge is -2.22. The minimum Gasteiger partial charge on any atom is -0.354 e. The molecule has 1 aliphatic rings. The summed E-state index contributed by atoms with van der Waals surface area (Å²) in [5.74, 6) is 1.06. The lowest BCUT2D eigenvalue weighted by atomic mass is 10.0. The number of hydrogen-bond donors (Lipinski definition) is 3. The van der Waals surface area contributed by atoms with Gasteiger partial charge >= 0.3 is 0 Å². The van der Waals surface area contributed by atoms with Gasteiger partial charge in [-0.1, -0.05) is 11.6 Å². The van der Waals surface area contributed by atoms with E-state index >= 15 is 0 Å². The summed E-state index contributed by atoms with van der Waals surface area (Å²) in [6.45, 7) is 0.431. The van der Waals surface area contributed by atoms with E-state index in [2.05, 4.69) is 25.8 Å². The van der Waals surface area contributed by atoms with Crippen molar-refractivity contribution in [2.45, 2.75) is 31.7 Å². The Kier molecular flexibility index (Phi) is 5.10. The van der Waals surface area contributed by atoms with Gasteiger partial charge in [-0.3, -0.25) is 14.7 Å². The summed E-state index contributed by atoms with van der Waals surface area (Å²) < 4.78 is 0. The van der Waals surface area contributed by atoms with Gasteiger partial charge in [0.25, 0.3) is 0 Å². The average molecular weight is 348 g/mol. The van der Waals surface area contributed by atoms with E-state index in [0.717, 1.165) is 12.0 Å². The fraction of sp³-hybridized carbons (Fsp3) is 0.375. The lowest BCUT2D eigenvalue weighted by molar-refractivity contribution is -0.130. The predicted molar refractivity (Wildman–Crippen MR) is 89.3 cm³/mol. The molecule has 7 nitrogen and oxygen atoms in total. The molecule has 24 heavy (non-hydrogen) atoms. The maximum atomic E-state index is 12.0. The summed E-state index contributed by atoms with van der Waals surface area (Å²) >= 11 is 5.86. The van der Waals surface area contributed by atoms with Crippen LogP contribution in [0.1, 0.15) is 25.1 Å². The second kappa shape index (κ2) is 7.44. The summed E-state index contributed by atoms with van der Waals surface area (Å²) in [4.78, 5) is 27.7. The Morgan fingerprint density at radius 1 is 1.33 bits per heavy atom. The number of aromatic nitrogens is 3. The Bertz CT molecular complexity index is 728. The van der Waals surface area contributed by atoms with Gasteiger partial charge < -0.3 is 10.6 Å². The van der Waals surface area contributed by atoms with Crippen LogP contribution in [0.2, 0.25) is 5.02 Å². The van der Waals surface area contributed by atoms with Gasteiger partial charge in [-0.05, 0) is 37.1 Å². The van der Waals surface area contributed by atoms with Gasteiger partial charge in [-0.2, -0.15) is 5.10 Å². The Balaban J connectivity index is 1.49. The summed E-state index contributed by atoms with van der Waals surface area (Å²) in [5.41, 5.74) is 0.871. The van der Waals surface area contributed by atoms with E-state index in [9.17, 15) is 9.59 Å². The van der Waals surface area contributed by atoms with Crippen LogP contribution in [-0.2, 0) is 16.0 Å². The van der Waals surface area contributed by atoms with Crippen molar-refractivity contribution >= 4 is 23.4 Å². The van der Waals surface area contributed by atoms with E-state index in [1.807, 2.05) is 12.1 Å². The van der Waals surface area contributed by atoms with E-state index in [0.29, 0.717) is 42.5 Å². The molecule has 1 unspecified atom stereocenters. The van der Waals surface area contributed by atoms with Gasteiger partial charge in [0.05, 0.1) is 0 Å². The maximum absolute atomic E-state index is 12.0. The number of carbonyl (C=O) groups is 2. The molecule has 1 aromatic heterocycles. The van der Waals surface area contributed by atoms with E-state index in [1.165, 1.54) is 0 Å². The number of halogens is 1. The van der Waals surface area contributed by atoms with Crippen LogP contribution in [0, 0.1) is 0 Å². The van der Waals surface area contributed by atoms with Crippen molar-refractivity contribution in [1.82, 2.24) is 25.8 Å². The highest BCUT2D eigenvalue weighted by Gasteiger charge is 2.24. The van der Waals surface area contributed by atoms with E-state index in [1.54, 1.807) is 12.1 Å². The zero-order valence-electron chi connectivity index (χ0n) is 13.0. The molecular formula is C16H18ClN5O2. The second-order valence-electron chi connectivity index (χ2n) is 5.67. The van der Waals surface area contributed by atoms with Crippen LogP contribution in [-0.4, -0.2) is 39.6 Å². The van der Waals surface area contributed by atoms with Gasteiger partial charge in [0.15, 0.2) is 5.82 Å². The SMILES string of the molecule is O=C1CCCC(C(=O)NCCc2nc(-c3ccc(Cl)cc3)n[nH]2)N1. The molecule has 2 amide bonds. The van der Waals surface area contributed by atoms with Crippen LogP contribution in [0.25, 0.3) is 11.4 Å². The van der Waals surface area contributed by atoms with Gasteiger partial charge in [0.2, 0.25) is 11.8 Å². The fourth-order valence-electron chi connectivity index (χ4n) is 2.56. The topological polar surface area (TPSA) is 99.8 Å². The maximum Gasteiger partial charge on any atom is 0.242 e. The Labute approximate surface area is 144 Å². The fourth-order valence-corrected chi connectivity index (χ4v) is 2.69. The molecule has 0 saturated carbocycles. The molecular weight excluding hydrogens is 330 g/mol. The van der Waals surface area contributed by atoms with Crippen LogP contribution in [0.5, 0.6) is 0 Å². The number of benzene rings is 1. The molecule has 0 spiro atoms. The molecule has 126 valence electrons.